The molecule has 4 nitrogen and oxygen atoms in total. The van der Waals surface area contributed by atoms with Gasteiger partial charge in [0.15, 0.2) is 0 Å². The molecule has 2 N–H and O–H groups in total. The van der Waals surface area contributed by atoms with Gasteiger partial charge in [0.2, 0.25) is 0 Å². The number of nitrogens with zero attached hydrogens (tertiary/aromatic N) is 3. The molecule has 0 aromatic carbocycles. The average Bonchev–Trinajstić information content (AvgIpc) is 2.42. The third-order valence-corrected chi connectivity index (χ3v) is 2.35. The van der Waals surface area contributed by atoms with E-state index in [1.54, 1.807) is 0 Å². The van der Waals surface area contributed by atoms with Gasteiger partial charge in [0, 0.05) is 26.0 Å². The normalized spacial score (nSPS) is 10.8. The van der Waals surface area contributed by atoms with Gasteiger partial charge in [-0.05, 0) is 19.1 Å². The molecule has 0 unspecified atom stereocenters. The Labute approximate surface area is 83.0 Å². The summed E-state index contributed by atoms with van der Waals surface area (Å²) in [5, 5.41) is 0. The lowest BCUT2D eigenvalue weighted by Gasteiger charge is -2.12. The molecule has 0 aliphatic carbocycles. The van der Waals surface area contributed by atoms with E-state index in [1.165, 1.54) is 0 Å². The highest BCUT2D eigenvalue weighted by atomic mass is 15.1. The second-order valence-corrected chi connectivity index (χ2v) is 3.58. The van der Waals surface area contributed by atoms with Crippen molar-refractivity contribution in [3.8, 4) is 0 Å². The first kappa shape index (κ1) is 8.87. The van der Waals surface area contributed by atoms with Crippen molar-refractivity contribution in [1.29, 1.82) is 0 Å². The van der Waals surface area contributed by atoms with Gasteiger partial charge in [0.05, 0.1) is 5.52 Å². The molecule has 0 aliphatic rings. The minimum atomic E-state index is 0.589. The molecule has 0 radical (unpaired) electrons. The molecule has 4 heteroatoms. The first-order valence-electron chi connectivity index (χ1n) is 4.51. The van der Waals surface area contributed by atoms with Gasteiger partial charge in [-0.15, -0.1) is 0 Å². The molecular formula is C10H14N4. The van der Waals surface area contributed by atoms with Gasteiger partial charge < -0.3 is 15.0 Å². The first-order valence-corrected chi connectivity index (χ1v) is 4.51. The van der Waals surface area contributed by atoms with Crippen LogP contribution in [0.5, 0.6) is 0 Å². The van der Waals surface area contributed by atoms with E-state index in [2.05, 4.69) is 4.98 Å². The van der Waals surface area contributed by atoms with E-state index in [9.17, 15) is 0 Å². The second-order valence-electron chi connectivity index (χ2n) is 3.58. The smallest absolute Gasteiger partial charge is 0.149 e. The Balaban J connectivity index is 2.71. The minimum Gasteiger partial charge on any atom is -0.382 e. The third kappa shape index (κ3) is 1.19. The molecule has 2 aromatic heterocycles. The predicted octanol–water partition coefficient (Wildman–Crippen LogP) is 1.29. The maximum atomic E-state index is 5.80. The number of pyridine rings is 1. The molecule has 0 fully saturated rings. The molecule has 14 heavy (non-hydrogen) atoms. The number of rotatable bonds is 1. The molecule has 0 spiro atoms. The number of fused-ring (bicyclic) bond motifs is 1. The fraction of sp³-hybridized carbons (Fsp3) is 0.300. The quantitative estimate of drug-likeness (QED) is 0.737. The maximum Gasteiger partial charge on any atom is 0.149 e. The summed E-state index contributed by atoms with van der Waals surface area (Å²) in [5.74, 6) is 1.51. The van der Waals surface area contributed by atoms with E-state index in [1.807, 2.05) is 48.6 Å². The SMILES string of the molecule is Cc1nc(N)c2cc(N(C)C)ccn12. The number of anilines is 2. The van der Waals surface area contributed by atoms with Gasteiger partial charge in [-0.2, -0.15) is 0 Å². The third-order valence-electron chi connectivity index (χ3n) is 2.35. The summed E-state index contributed by atoms with van der Waals surface area (Å²) >= 11 is 0. The zero-order valence-corrected chi connectivity index (χ0v) is 8.65. The standard InChI is InChI=1S/C10H14N4/c1-7-12-10(11)9-6-8(13(2)3)4-5-14(7)9/h4-6H,11H2,1-3H3. The Bertz CT molecular complexity index is 470. The van der Waals surface area contributed by atoms with E-state index in [0.717, 1.165) is 17.0 Å². The Hall–Kier alpha value is -1.71. The van der Waals surface area contributed by atoms with Crippen molar-refractivity contribution < 1.29 is 0 Å². The maximum absolute atomic E-state index is 5.80. The van der Waals surface area contributed by atoms with Crippen molar-refractivity contribution in [3.05, 3.63) is 24.2 Å². The van der Waals surface area contributed by atoms with Crippen LogP contribution in [-0.2, 0) is 0 Å². The lowest BCUT2D eigenvalue weighted by atomic mass is 10.3. The minimum absolute atomic E-state index is 0.589. The molecule has 0 aliphatic heterocycles. The van der Waals surface area contributed by atoms with E-state index in [0.29, 0.717) is 5.82 Å². The fourth-order valence-electron chi connectivity index (χ4n) is 1.53. The monoisotopic (exact) mass is 190 g/mol. The van der Waals surface area contributed by atoms with Crippen LogP contribution in [0, 0.1) is 6.92 Å². The van der Waals surface area contributed by atoms with Gasteiger partial charge in [-0.25, -0.2) is 4.98 Å². The van der Waals surface area contributed by atoms with Crippen molar-refractivity contribution in [3.63, 3.8) is 0 Å². The van der Waals surface area contributed by atoms with E-state index < -0.39 is 0 Å². The molecule has 0 saturated heterocycles. The average molecular weight is 190 g/mol. The summed E-state index contributed by atoms with van der Waals surface area (Å²) < 4.78 is 1.99. The van der Waals surface area contributed by atoms with Crippen molar-refractivity contribution in [1.82, 2.24) is 9.38 Å². The van der Waals surface area contributed by atoms with Crippen molar-refractivity contribution in [2.75, 3.05) is 24.7 Å². The molecule has 0 amide bonds. The van der Waals surface area contributed by atoms with E-state index in [4.69, 9.17) is 5.73 Å². The van der Waals surface area contributed by atoms with Gasteiger partial charge in [-0.1, -0.05) is 0 Å². The molecule has 0 atom stereocenters. The number of hydrogen-bond acceptors (Lipinski definition) is 3. The molecule has 2 heterocycles. The number of hydrogen-bond donors (Lipinski definition) is 1. The van der Waals surface area contributed by atoms with Gasteiger partial charge >= 0.3 is 0 Å². The summed E-state index contributed by atoms with van der Waals surface area (Å²) in [6.07, 6.45) is 1.99. The van der Waals surface area contributed by atoms with E-state index in [-0.39, 0.29) is 0 Å². The zero-order chi connectivity index (χ0) is 10.3. The predicted molar refractivity (Wildman–Crippen MR) is 58.7 cm³/mol. The Morgan fingerprint density at radius 1 is 1.43 bits per heavy atom. The van der Waals surface area contributed by atoms with Crippen LogP contribution < -0.4 is 10.6 Å². The van der Waals surface area contributed by atoms with Crippen molar-refractivity contribution >= 4 is 17.0 Å². The van der Waals surface area contributed by atoms with Crippen LogP contribution in [-0.4, -0.2) is 23.5 Å². The topological polar surface area (TPSA) is 46.6 Å². The van der Waals surface area contributed by atoms with Gasteiger partial charge in [0.1, 0.15) is 11.6 Å². The summed E-state index contributed by atoms with van der Waals surface area (Å²) in [5.41, 5.74) is 7.89. The van der Waals surface area contributed by atoms with Gasteiger partial charge in [-0.3, -0.25) is 0 Å². The van der Waals surface area contributed by atoms with Crippen LogP contribution in [0.1, 0.15) is 5.82 Å². The molecule has 74 valence electrons. The Kier molecular flexibility index (Phi) is 1.84. The number of imidazole rings is 1. The van der Waals surface area contributed by atoms with Crippen LogP contribution >= 0.6 is 0 Å². The summed E-state index contributed by atoms with van der Waals surface area (Å²) in [6.45, 7) is 1.94. The van der Waals surface area contributed by atoms with Crippen LogP contribution in [0.15, 0.2) is 18.3 Å². The zero-order valence-electron chi connectivity index (χ0n) is 8.65. The summed E-state index contributed by atoms with van der Waals surface area (Å²) in [7, 11) is 4.01. The molecule has 0 bridgehead atoms. The first-order chi connectivity index (χ1) is 6.59. The highest BCUT2D eigenvalue weighted by Crippen LogP contribution is 2.20. The van der Waals surface area contributed by atoms with Crippen molar-refractivity contribution in [2.24, 2.45) is 0 Å². The largest absolute Gasteiger partial charge is 0.382 e. The van der Waals surface area contributed by atoms with E-state index >= 15 is 0 Å². The van der Waals surface area contributed by atoms with Gasteiger partial charge in [0.25, 0.3) is 0 Å². The van der Waals surface area contributed by atoms with Crippen LogP contribution in [0.4, 0.5) is 11.5 Å². The fourth-order valence-corrected chi connectivity index (χ4v) is 1.53. The van der Waals surface area contributed by atoms with Crippen molar-refractivity contribution in [2.45, 2.75) is 6.92 Å². The highest BCUT2D eigenvalue weighted by Gasteiger charge is 2.05. The number of nitrogens with two attached hydrogens (primary N) is 1. The second kappa shape index (κ2) is 2.90. The van der Waals surface area contributed by atoms with Crippen LogP contribution in [0.2, 0.25) is 0 Å². The highest BCUT2D eigenvalue weighted by molar-refractivity contribution is 5.71. The van der Waals surface area contributed by atoms with Crippen LogP contribution in [0.25, 0.3) is 5.52 Å². The Morgan fingerprint density at radius 3 is 2.79 bits per heavy atom. The molecular weight excluding hydrogens is 176 g/mol. The number of aryl methyl sites for hydroxylation is 1. The summed E-state index contributed by atoms with van der Waals surface area (Å²) in [4.78, 5) is 6.26. The summed E-state index contributed by atoms with van der Waals surface area (Å²) in [6, 6.07) is 4.08. The molecule has 2 aromatic rings. The van der Waals surface area contributed by atoms with Crippen LogP contribution in [0.3, 0.4) is 0 Å². The number of aromatic nitrogens is 2. The lowest BCUT2D eigenvalue weighted by Crippen LogP contribution is -2.08. The molecule has 0 saturated carbocycles. The number of nitrogen functional groups attached to an aromatic ring is 1. The Morgan fingerprint density at radius 2 is 2.14 bits per heavy atom. The lowest BCUT2D eigenvalue weighted by molar-refractivity contribution is 1.04. The molecule has 2 rings (SSSR count).